The lowest BCUT2D eigenvalue weighted by Gasteiger charge is -2.05. The molecule has 0 saturated heterocycles. The summed E-state index contributed by atoms with van der Waals surface area (Å²) in [6, 6.07) is 1.80. The van der Waals surface area contributed by atoms with Gasteiger partial charge in [-0.05, 0) is 24.6 Å². The van der Waals surface area contributed by atoms with Crippen LogP contribution in [0.2, 0.25) is 10.4 Å². The van der Waals surface area contributed by atoms with Gasteiger partial charge in [0, 0.05) is 6.20 Å². The molecule has 0 aliphatic carbocycles. The monoisotopic (exact) mass is 270 g/mol. The van der Waals surface area contributed by atoms with Crippen molar-refractivity contribution in [2.75, 3.05) is 5.32 Å². The fraction of sp³-hybridized carbons (Fsp3) is 0.222. The SMILES string of the molecule is Cc1nccc(CNc2nc(Cl)nnc2Cl)n1. The number of aryl methyl sites for hydroxylation is 1. The summed E-state index contributed by atoms with van der Waals surface area (Å²) in [5, 5.41) is 10.3. The van der Waals surface area contributed by atoms with Crippen LogP contribution in [0.3, 0.4) is 0 Å². The molecule has 2 aromatic heterocycles. The molecule has 2 heterocycles. The normalized spacial score (nSPS) is 10.3. The average Bonchev–Trinajstić information content (AvgIpc) is 2.30. The Morgan fingerprint density at radius 3 is 2.82 bits per heavy atom. The summed E-state index contributed by atoms with van der Waals surface area (Å²) >= 11 is 11.4. The molecule has 0 aliphatic rings. The summed E-state index contributed by atoms with van der Waals surface area (Å²) in [5.41, 5.74) is 0.823. The smallest absolute Gasteiger partial charge is 0.245 e. The Balaban J connectivity index is 2.09. The number of nitrogens with one attached hydrogen (secondary N) is 1. The van der Waals surface area contributed by atoms with Crippen LogP contribution in [0.1, 0.15) is 11.5 Å². The van der Waals surface area contributed by atoms with Gasteiger partial charge in [-0.25, -0.2) is 9.97 Å². The van der Waals surface area contributed by atoms with E-state index in [1.165, 1.54) is 0 Å². The largest absolute Gasteiger partial charge is 0.362 e. The summed E-state index contributed by atoms with van der Waals surface area (Å²) in [5.74, 6) is 1.08. The molecule has 6 nitrogen and oxygen atoms in total. The lowest BCUT2D eigenvalue weighted by atomic mass is 10.4. The summed E-state index contributed by atoms with van der Waals surface area (Å²) in [6.07, 6.45) is 1.69. The molecule has 17 heavy (non-hydrogen) atoms. The molecule has 88 valence electrons. The van der Waals surface area contributed by atoms with Crippen LogP contribution in [0.15, 0.2) is 12.3 Å². The van der Waals surface area contributed by atoms with E-state index in [0.717, 1.165) is 5.69 Å². The van der Waals surface area contributed by atoms with Gasteiger partial charge in [0.1, 0.15) is 5.82 Å². The lowest BCUT2D eigenvalue weighted by molar-refractivity contribution is 0.927. The molecule has 0 bridgehead atoms. The number of rotatable bonds is 3. The number of anilines is 1. The first-order valence-electron chi connectivity index (χ1n) is 4.73. The van der Waals surface area contributed by atoms with Crippen LogP contribution in [0.25, 0.3) is 0 Å². The molecular weight excluding hydrogens is 263 g/mol. The second-order valence-electron chi connectivity index (χ2n) is 3.17. The van der Waals surface area contributed by atoms with Crippen molar-refractivity contribution in [1.82, 2.24) is 25.1 Å². The van der Waals surface area contributed by atoms with Crippen molar-refractivity contribution in [1.29, 1.82) is 0 Å². The number of halogens is 2. The van der Waals surface area contributed by atoms with Crippen molar-refractivity contribution in [2.45, 2.75) is 13.5 Å². The molecule has 2 aromatic rings. The average molecular weight is 271 g/mol. The molecule has 0 spiro atoms. The number of hydrogen-bond donors (Lipinski definition) is 1. The zero-order valence-electron chi connectivity index (χ0n) is 8.85. The molecule has 2 rings (SSSR count). The van der Waals surface area contributed by atoms with Crippen LogP contribution in [0.4, 0.5) is 5.82 Å². The van der Waals surface area contributed by atoms with Crippen LogP contribution < -0.4 is 5.32 Å². The molecule has 0 amide bonds. The lowest BCUT2D eigenvalue weighted by Crippen LogP contribution is -2.06. The van der Waals surface area contributed by atoms with Gasteiger partial charge in [-0.15, -0.1) is 10.2 Å². The van der Waals surface area contributed by atoms with Crippen LogP contribution in [-0.2, 0) is 6.54 Å². The predicted octanol–water partition coefficient (Wildman–Crippen LogP) is 1.89. The van der Waals surface area contributed by atoms with Crippen molar-refractivity contribution in [3.8, 4) is 0 Å². The van der Waals surface area contributed by atoms with Crippen LogP contribution in [-0.4, -0.2) is 25.1 Å². The Kier molecular flexibility index (Phi) is 3.65. The minimum absolute atomic E-state index is 0.0377. The molecule has 8 heteroatoms. The van der Waals surface area contributed by atoms with E-state index in [9.17, 15) is 0 Å². The van der Waals surface area contributed by atoms with E-state index >= 15 is 0 Å². The molecule has 0 atom stereocenters. The first kappa shape index (κ1) is 11.9. The Labute approximate surface area is 107 Å². The third kappa shape index (κ3) is 3.21. The Morgan fingerprint density at radius 2 is 2.06 bits per heavy atom. The van der Waals surface area contributed by atoms with Gasteiger partial charge in [0.05, 0.1) is 12.2 Å². The third-order valence-electron chi connectivity index (χ3n) is 1.89. The van der Waals surface area contributed by atoms with E-state index < -0.39 is 0 Å². The van der Waals surface area contributed by atoms with Gasteiger partial charge in [0.25, 0.3) is 0 Å². The third-order valence-corrected chi connectivity index (χ3v) is 2.31. The molecular formula is C9H8Cl2N6. The minimum Gasteiger partial charge on any atom is -0.362 e. The van der Waals surface area contributed by atoms with E-state index in [0.29, 0.717) is 18.2 Å². The maximum absolute atomic E-state index is 5.80. The molecule has 0 aromatic carbocycles. The number of hydrogen-bond acceptors (Lipinski definition) is 6. The van der Waals surface area contributed by atoms with Gasteiger partial charge >= 0.3 is 0 Å². The highest BCUT2D eigenvalue weighted by Gasteiger charge is 2.05. The second kappa shape index (κ2) is 5.20. The number of aromatic nitrogens is 5. The van der Waals surface area contributed by atoms with Crippen LogP contribution >= 0.6 is 23.2 Å². The Bertz CT molecular complexity index is 533. The van der Waals surface area contributed by atoms with Crippen molar-refractivity contribution < 1.29 is 0 Å². The van der Waals surface area contributed by atoms with Gasteiger partial charge in [0.15, 0.2) is 11.0 Å². The summed E-state index contributed by atoms with van der Waals surface area (Å²) in [6.45, 7) is 2.28. The van der Waals surface area contributed by atoms with Gasteiger partial charge < -0.3 is 5.32 Å². The van der Waals surface area contributed by atoms with E-state index in [2.05, 4.69) is 30.5 Å². The van der Waals surface area contributed by atoms with Crippen molar-refractivity contribution >= 4 is 29.0 Å². The van der Waals surface area contributed by atoms with Gasteiger partial charge in [-0.1, -0.05) is 11.6 Å². The summed E-state index contributed by atoms with van der Waals surface area (Å²) < 4.78 is 0. The first-order chi connectivity index (χ1) is 8.15. The van der Waals surface area contributed by atoms with Gasteiger partial charge in [-0.2, -0.15) is 4.98 Å². The van der Waals surface area contributed by atoms with Crippen molar-refractivity contribution in [2.24, 2.45) is 0 Å². The molecule has 0 radical (unpaired) electrons. The van der Waals surface area contributed by atoms with Crippen molar-refractivity contribution in [3.63, 3.8) is 0 Å². The van der Waals surface area contributed by atoms with Crippen molar-refractivity contribution in [3.05, 3.63) is 34.2 Å². The minimum atomic E-state index is 0.0377. The topological polar surface area (TPSA) is 76.5 Å². The first-order valence-corrected chi connectivity index (χ1v) is 5.49. The van der Waals surface area contributed by atoms with Gasteiger partial charge in [0.2, 0.25) is 5.28 Å². The van der Waals surface area contributed by atoms with Gasteiger partial charge in [-0.3, -0.25) is 0 Å². The fourth-order valence-corrected chi connectivity index (χ4v) is 1.45. The molecule has 0 saturated carbocycles. The standard InChI is InChI=1S/C9H8Cl2N6/c1-5-12-3-2-6(14-5)4-13-8-7(10)16-17-9(11)15-8/h2-3H,4H2,1H3,(H,13,15,17). The molecule has 1 N–H and O–H groups in total. The zero-order chi connectivity index (χ0) is 12.3. The molecule has 0 fully saturated rings. The summed E-state index contributed by atoms with van der Waals surface area (Å²) in [4.78, 5) is 12.1. The van der Waals surface area contributed by atoms with E-state index in [4.69, 9.17) is 23.2 Å². The van der Waals surface area contributed by atoms with E-state index in [1.54, 1.807) is 12.3 Å². The zero-order valence-corrected chi connectivity index (χ0v) is 10.4. The van der Waals surface area contributed by atoms with Crippen LogP contribution in [0, 0.1) is 6.92 Å². The van der Waals surface area contributed by atoms with Crippen LogP contribution in [0.5, 0.6) is 0 Å². The highest BCUT2D eigenvalue weighted by molar-refractivity contribution is 6.32. The maximum Gasteiger partial charge on any atom is 0.245 e. The Hall–Kier alpha value is -1.53. The summed E-state index contributed by atoms with van der Waals surface area (Å²) in [7, 11) is 0. The van der Waals surface area contributed by atoms with E-state index in [1.807, 2.05) is 6.92 Å². The van der Waals surface area contributed by atoms with E-state index in [-0.39, 0.29) is 10.4 Å². The highest BCUT2D eigenvalue weighted by Crippen LogP contribution is 2.16. The Morgan fingerprint density at radius 1 is 1.24 bits per heavy atom. The highest BCUT2D eigenvalue weighted by atomic mass is 35.5. The fourth-order valence-electron chi connectivity index (χ4n) is 1.18. The molecule has 0 unspecified atom stereocenters. The quantitative estimate of drug-likeness (QED) is 0.918. The second-order valence-corrected chi connectivity index (χ2v) is 3.87. The molecule has 0 aliphatic heterocycles. The maximum atomic E-state index is 5.80. The predicted molar refractivity (Wildman–Crippen MR) is 63.9 cm³/mol. The number of nitrogens with zero attached hydrogens (tertiary/aromatic N) is 5.